The summed E-state index contributed by atoms with van der Waals surface area (Å²) >= 11 is 5.93. The first kappa shape index (κ1) is 16.0. The lowest BCUT2D eigenvalue weighted by Gasteiger charge is -2.11. The van der Waals surface area contributed by atoms with Crippen molar-refractivity contribution in [2.45, 2.75) is 6.54 Å². The predicted molar refractivity (Wildman–Crippen MR) is 83.9 cm³/mol. The summed E-state index contributed by atoms with van der Waals surface area (Å²) in [5.41, 5.74) is 1.39. The van der Waals surface area contributed by atoms with Crippen LogP contribution in [0.3, 0.4) is 0 Å². The molecule has 1 aliphatic heterocycles. The van der Waals surface area contributed by atoms with Crippen molar-refractivity contribution in [2.75, 3.05) is 13.1 Å². The maximum absolute atomic E-state index is 11.8. The topological polar surface area (TPSA) is 105 Å². The van der Waals surface area contributed by atoms with E-state index in [4.69, 9.17) is 16.1 Å². The van der Waals surface area contributed by atoms with Gasteiger partial charge in [-0.3, -0.25) is 14.5 Å². The molecule has 0 aliphatic carbocycles. The molecule has 9 heteroatoms. The van der Waals surface area contributed by atoms with E-state index >= 15 is 0 Å². The molecule has 4 amide bonds. The van der Waals surface area contributed by atoms with Gasteiger partial charge < -0.3 is 15.2 Å². The molecule has 0 spiro atoms. The number of nitrogens with one attached hydrogen (secondary N) is 2. The van der Waals surface area contributed by atoms with Gasteiger partial charge in [0.15, 0.2) is 5.76 Å². The SMILES string of the molecule is O=C(CN1C(=O)CNC1=O)NCc1cc(-c2cccc(Cl)c2)no1. The van der Waals surface area contributed by atoms with E-state index in [0.29, 0.717) is 16.5 Å². The number of carbonyl (C=O) groups excluding carboxylic acids is 3. The van der Waals surface area contributed by atoms with Crippen molar-refractivity contribution >= 4 is 29.4 Å². The Morgan fingerprint density at radius 3 is 2.92 bits per heavy atom. The highest BCUT2D eigenvalue weighted by Crippen LogP contribution is 2.22. The first-order chi connectivity index (χ1) is 11.5. The smallest absolute Gasteiger partial charge is 0.325 e. The van der Waals surface area contributed by atoms with Gasteiger partial charge in [0.25, 0.3) is 5.91 Å². The molecule has 1 aromatic carbocycles. The van der Waals surface area contributed by atoms with Crippen LogP contribution in [-0.4, -0.2) is 41.0 Å². The lowest BCUT2D eigenvalue weighted by Crippen LogP contribution is -2.40. The van der Waals surface area contributed by atoms with Gasteiger partial charge >= 0.3 is 6.03 Å². The Kier molecular flexibility index (Phi) is 4.48. The number of benzene rings is 1. The van der Waals surface area contributed by atoms with Gasteiger partial charge in [0.1, 0.15) is 12.2 Å². The standard InChI is InChI=1S/C15H13ClN4O4/c16-10-3-1-2-9(4-10)12-5-11(24-19-12)6-17-13(21)8-20-14(22)7-18-15(20)23/h1-5H,6-8H2,(H,17,21)(H,18,23). The van der Waals surface area contributed by atoms with Gasteiger partial charge in [0.2, 0.25) is 5.91 Å². The van der Waals surface area contributed by atoms with Crippen LogP contribution in [0.25, 0.3) is 11.3 Å². The van der Waals surface area contributed by atoms with Crippen LogP contribution in [0, 0.1) is 0 Å². The molecule has 1 fully saturated rings. The Balaban J connectivity index is 1.56. The molecule has 0 radical (unpaired) electrons. The van der Waals surface area contributed by atoms with Crippen molar-refractivity contribution in [2.24, 2.45) is 0 Å². The molecule has 0 unspecified atom stereocenters. The van der Waals surface area contributed by atoms with E-state index in [1.54, 1.807) is 24.3 Å². The lowest BCUT2D eigenvalue weighted by molar-refractivity contribution is -0.130. The fourth-order valence-corrected chi connectivity index (χ4v) is 2.37. The molecule has 1 aromatic heterocycles. The molecular formula is C15H13ClN4O4. The summed E-state index contributed by atoms with van der Waals surface area (Å²) in [5, 5.41) is 9.41. The first-order valence-corrected chi connectivity index (χ1v) is 7.47. The van der Waals surface area contributed by atoms with E-state index in [0.717, 1.165) is 10.5 Å². The maximum atomic E-state index is 11.8. The highest BCUT2D eigenvalue weighted by molar-refractivity contribution is 6.30. The summed E-state index contributed by atoms with van der Waals surface area (Å²) in [7, 11) is 0. The third kappa shape index (κ3) is 3.54. The van der Waals surface area contributed by atoms with E-state index in [1.807, 2.05) is 6.07 Å². The van der Waals surface area contributed by atoms with E-state index in [2.05, 4.69) is 15.8 Å². The highest BCUT2D eigenvalue weighted by Gasteiger charge is 2.30. The second-order valence-corrected chi connectivity index (χ2v) is 5.54. The average Bonchev–Trinajstić information content (AvgIpc) is 3.15. The minimum atomic E-state index is -0.571. The number of urea groups is 1. The summed E-state index contributed by atoms with van der Waals surface area (Å²) in [6, 6.07) is 8.24. The Morgan fingerprint density at radius 2 is 2.21 bits per heavy atom. The van der Waals surface area contributed by atoms with E-state index in [9.17, 15) is 14.4 Å². The number of hydrogen-bond donors (Lipinski definition) is 2. The molecule has 2 N–H and O–H groups in total. The van der Waals surface area contributed by atoms with Crippen LogP contribution in [-0.2, 0) is 16.1 Å². The molecule has 124 valence electrons. The van der Waals surface area contributed by atoms with Gasteiger partial charge in [-0.05, 0) is 12.1 Å². The quantitative estimate of drug-likeness (QED) is 0.789. The zero-order valence-electron chi connectivity index (χ0n) is 12.4. The van der Waals surface area contributed by atoms with Gasteiger partial charge in [-0.15, -0.1) is 0 Å². The van der Waals surface area contributed by atoms with Gasteiger partial charge in [0.05, 0.1) is 13.1 Å². The fourth-order valence-electron chi connectivity index (χ4n) is 2.18. The maximum Gasteiger partial charge on any atom is 0.325 e. The van der Waals surface area contributed by atoms with Crippen LogP contribution >= 0.6 is 11.6 Å². The van der Waals surface area contributed by atoms with Crippen molar-refractivity contribution in [3.8, 4) is 11.3 Å². The Bertz CT molecular complexity index is 788. The Morgan fingerprint density at radius 1 is 1.38 bits per heavy atom. The Labute approximate surface area is 141 Å². The van der Waals surface area contributed by atoms with E-state index in [1.165, 1.54) is 0 Å². The zero-order chi connectivity index (χ0) is 17.1. The van der Waals surface area contributed by atoms with Crippen LogP contribution in [0.15, 0.2) is 34.9 Å². The minimum Gasteiger partial charge on any atom is -0.359 e. The molecular weight excluding hydrogens is 336 g/mol. The third-order valence-corrected chi connectivity index (χ3v) is 3.61. The number of amides is 4. The molecule has 0 atom stereocenters. The number of aromatic nitrogens is 1. The van der Waals surface area contributed by atoms with Gasteiger partial charge in [0, 0.05) is 16.7 Å². The highest BCUT2D eigenvalue weighted by atomic mass is 35.5. The van der Waals surface area contributed by atoms with Gasteiger partial charge in [-0.2, -0.15) is 0 Å². The summed E-state index contributed by atoms with van der Waals surface area (Å²) in [5.74, 6) is -0.463. The van der Waals surface area contributed by atoms with Crippen molar-refractivity contribution in [1.82, 2.24) is 20.7 Å². The number of nitrogens with zero attached hydrogens (tertiary/aromatic N) is 2. The number of hydrogen-bond acceptors (Lipinski definition) is 5. The van der Waals surface area contributed by atoms with Crippen LogP contribution in [0.1, 0.15) is 5.76 Å². The second-order valence-electron chi connectivity index (χ2n) is 5.10. The largest absolute Gasteiger partial charge is 0.359 e. The predicted octanol–water partition coefficient (Wildman–Crippen LogP) is 1.16. The number of imide groups is 1. The van der Waals surface area contributed by atoms with Gasteiger partial charge in [-0.1, -0.05) is 28.9 Å². The summed E-state index contributed by atoms with van der Waals surface area (Å²) in [4.78, 5) is 35.4. The van der Waals surface area contributed by atoms with Crippen LogP contribution in [0.2, 0.25) is 5.02 Å². The molecule has 3 rings (SSSR count). The normalized spacial score (nSPS) is 14.0. The molecule has 2 aromatic rings. The molecule has 1 saturated heterocycles. The van der Waals surface area contributed by atoms with Crippen LogP contribution in [0.5, 0.6) is 0 Å². The number of carbonyl (C=O) groups is 3. The van der Waals surface area contributed by atoms with Crippen molar-refractivity contribution < 1.29 is 18.9 Å². The molecule has 2 heterocycles. The first-order valence-electron chi connectivity index (χ1n) is 7.09. The lowest BCUT2D eigenvalue weighted by atomic mass is 10.1. The minimum absolute atomic E-state index is 0.0861. The average molecular weight is 349 g/mol. The second kappa shape index (κ2) is 6.71. The number of halogens is 1. The fraction of sp³-hybridized carbons (Fsp3) is 0.200. The molecule has 8 nitrogen and oxygen atoms in total. The van der Waals surface area contributed by atoms with Crippen molar-refractivity contribution in [3.63, 3.8) is 0 Å². The van der Waals surface area contributed by atoms with Crippen molar-refractivity contribution in [3.05, 3.63) is 41.1 Å². The summed E-state index contributed by atoms with van der Waals surface area (Å²) in [6.45, 7) is -0.326. The van der Waals surface area contributed by atoms with Crippen LogP contribution in [0.4, 0.5) is 4.79 Å². The van der Waals surface area contributed by atoms with Crippen molar-refractivity contribution in [1.29, 1.82) is 0 Å². The molecule has 0 saturated carbocycles. The summed E-state index contributed by atoms with van der Waals surface area (Å²) < 4.78 is 5.15. The van der Waals surface area contributed by atoms with Gasteiger partial charge in [-0.25, -0.2) is 4.79 Å². The van der Waals surface area contributed by atoms with E-state index < -0.39 is 17.8 Å². The van der Waals surface area contributed by atoms with E-state index in [-0.39, 0.29) is 19.6 Å². The third-order valence-electron chi connectivity index (χ3n) is 3.38. The molecule has 1 aliphatic rings. The molecule has 24 heavy (non-hydrogen) atoms. The molecule has 0 bridgehead atoms. The van der Waals surface area contributed by atoms with Crippen LogP contribution < -0.4 is 10.6 Å². The zero-order valence-corrected chi connectivity index (χ0v) is 13.2. The Hall–Kier alpha value is -2.87. The summed E-state index contributed by atoms with van der Waals surface area (Å²) in [6.07, 6.45) is 0. The number of rotatable bonds is 5. The monoisotopic (exact) mass is 348 g/mol.